The van der Waals surface area contributed by atoms with Gasteiger partial charge in [-0.1, -0.05) is 58.9 Å². The molecule has 2 aromatic rings. The van der Waals surface area contributed by atoms with Crippen LogP contribution in [0.25, 0.3) is 5.57 Å². The second-order valence-corrected chi connectivity index (χ2v) is 21.3. The average Bonchev–Trinajstić information content (AvgIpc) is 3.11. The van der Waals surface area contributed by atoms with Gasteiger partial charge in [-0.2, -0.15) is 0 Å². The number of anilines is 2. The number of carbonyl (C=O) groups excluding carboxylic acids is 1. The first kappa shape index (κ1) is 39.5. The number of nitrogens with zero attached hydrogens (tertiary/aromatic N) is 2. The topological polar surface area (TPSA) is 64.8 Å². The Kier molecular flexibility index (Phi) is 12.6. The normalized spacial score (nSPS) is 20.6. The van der Waals surface area contributed by atoms with Crippen LogP contribution in [-0.4, -0.2) is 55.7 Å². The highest BCUT2D eigenvalue weighted by molar-refractivity contribution is 6.74. The lowest BCUT2D eigenvalue weighted by atomic mass is 9.80. The molecule has 6 nitrogen and oxygen atoms in total. The second kappa shape index (κ2) is 16.5. The van der Waals surface area contributed by atoms with Gasteiger partial charge in [0.1, 0.15) is 5.75 Å². The third kappa shape index (κ3) is 8.42. The molecule has 2 unspecified atom stereocenters. The van der Waals surface area contributed by atoms with Crippen LogP contribution in [-0.2, 0) is 9.22 Å². The smallest absolute Gasteiger partial charge is 0.200 e. The summed E-state index contributed by atoms with van der Waals surface area (Å²) in [6.45, 7) is 20.7. The van der Waals surface area contributed by atoms with Crippen molar-refractivity contribution in [2.45, 2.75) is 142 Å². The summed E-state index contributed by atoms with van der Waals surface area (Å²) in [5, 5.41) is 13.8. The van der Waals surface area contributed by atoms with Crippen LogP contribution in [0.5, 0.6) is 5.75 Å². The monoisotopic (exact) mass is 722 g/mol. The molecule has 0 heterocycles. The van der Waals surface area contributed by atoms with Crippen LogP contribution in [0.3, 0.4) is 0 Å². The number of hydrogen-bond donors (Lipinski definition) is 0. The van der Waals surface area contributed by atoms with Gasteiger partial charge in [-0.05, 0) is 117 Å². The molecule has 0 N–H and O–H groups in total. The van der Waals surface area contributed by atoms with E-state index in [0.717, 1.165) is 74.2 Å². The number of ketones is 1. The lowest BCUT2D eigenvalue weighted by Crippen LogP contribution is -2.46. The summed E-state index contributed by atoms with van der Waals surface area (Å²) in [7, 11) is -0.130. The summed E-state index contributed by atoms with van der Waals surface area (Å²) in [5.41, 5.74) is 5.20. The number of carbonyl (C=O) groups is 1. The number of methoxy groups -OCH3 is 1. The lowest BCUT2D eigenvalue weighted by Gasteiger charge is -2.41. The van der Waals surface area contributed by atoms with Crippen molar-refractivity contribution in [2.24, 2.45) is 0 Å². The van der Waals surface area contributed by atoms with Gasteiger partial charge in [0.15, 0.2) is 31.9 Å². The van der Waals surface area contributed by atoms with Crippen molar-refractivity contribution in [1.82, 2.24) is 0 Å². The summed E-state index contributed by atoms with van der Waals surface area (Å²) >= 11 is 0. The molecule has 280 valence electrons. The summed E-state index contributed by atoms with van der Waals surface area (Å²) in [4.78, 5) is 15.9. The van der Waals surface area contributed by atoms with Crippen LogP contribution >= 0.6 is 0 Å². The van der Waals surface area contributed by atoms with Crippen molar-refractivity contribution in [2.75, 3.05) is 12.0 Å². The number of Topliss-reactive ketones (excluding diaryl/α,β-unsaturated/α-hetero) is 1. The molecular formula is C45H62N2O4Si. The molecule has 7 heteroatoms. The van der Waals surface area contributed by atoms with E-state index < -0.39 is 8.32 Å². The Morgan fingerprint density at radius 3 is 1.90 bits per heavy atom. The maximum absolute atomic E-state index is 13.6. The molecule has 0 aromatic heterocycles. The number of ether oxygens (including phenoxy) is 1. The number of allylic oxidation sites excluding steroid dienone is 7. The minimum absolute atomic E-state index is 0.173. The van der Waals surface area contributed by atoms with Crippen molar-refractivity contribution in [1.29, 1.82) is 0 Å². The van der Waals surface area contributed by atoms with Crippen LogP contribution in [0.4, 0.5) is 11.4 Å². The molecule has 3 aliphatic rings. The lowest BCUT2D eigenvalue weighted by molar-refractivity contribution is -0.601. The van der Waals surface area contributed by atoms with Crippen LogP contribution in [0.2, 0.25) is 18.1 Å². The highest BCUT2D eigenvalue weighted by Crippen LogP contribution is 2.41. The fourth-order valence-corrected chi connectivity index (χ4v) is 9.29. The SMILES string of the molecule is CCCC(C)N(c1ccc(OC)cc1)c1ccc(C2=C([O-])C(=C3C=CC(=[N+](C(C)CCC)C4CCC(O[Si](C)(C)C(C)(C)C)CC4)C=C3)C2=O)cc1. The molecule has 0 amide bonds. The van der Waals surface area contributed by atoms with E-state index in [9.17, 15) is 9.90 Å². The standard InChI is InChI=1S/C45H62N2O4Si/c1-11-13-31(3)46(37-23-27-39(50-8)28-24-37)35-19-15-33(16-20-35)41-43(48)42(44(41)49)34-17-21-36(22-18-34)47(32(4)14-12-2)38-25-29-40(30-26-38)51-52(9,10)45(5,6)7/h15-24,27-28,31-32,38,40H,11-14,25-26,29-30H2,1-10H3. The summed E-state index contributed by atoms with van der Waals surface area (Å²) < 4.78 is 14.8. The van der Waals surface area contributed by atoms with Gasteiger partial charge >= 0.3 is 0 Å². The zero-order chi connectivity index (χ0) is 37.8. The maximum Gasteiger partial charge on any atom is 0.200 e. The second-order valence-electron chi connectivity index (χ2n) is 16.6. The molecule has 2 aromatic carbocycles. The van der Waals surface area contributed by atoms with E-state index in [4.69, 9.17) is 9.16 Å². The van der Waals surface area contributed by atoms with E-state index >= 15 is 0 Å². The quantitative estimate of drug-likeness (QED) is 0.117. The molecule has 1 saturated carbocycles. The molecule has 3 aliphatic carbocycles. The molecule has 5 rings (SSSR count). The minimum Gasteiger partial charge on any atom is -0.871 e. The molecule has 0 spiro atoms. The predicted octanol–water partition coefficient (Wildman–Crippen LogP) is 10.1. The molecule has 0 saturated heterocycles. The third-order valence-corrected chi connectivity index (χ3v) is 16.3. The van der Waals surface area contributed by atoms with Crippen LogP contribution in [0.1, 0.15) is 105 Å². The third-order valence-electron chi connectivity index (χ3n) is 11.8. The van der Waals surface area contributed by atoms with Crippen molar-refractivity contribution in [3.63, 3.8) is 0 Å². The Labute approximate surface area is 314 Å². The minimum atomic E-state index is -1.80. The predicted molar refractivity (Wildman–Crippen MR) is 217 cm³/mol. The van der Waals surface area contributed by atoms with E-state index in [1.807, 2.05) is 48.6 Å². The first-order chi connectivity index (χ1) is 24.7. The summed E-state index contributed by atoms with van der Waals surface area (Å²) in [6, 6.07) is 17.1. The van der Waals surface area contributed by atoms with Gasteiger partial charge in [0.05, 0.1) is 7.11 Å². The summed E-state index contributed by atoms with van der Waals surface area (Å²) in [5.74, 6) is 0.470. The van der Waals surface area contributed by atoms with Crippen molar-refractivity contribution in [3.8, 4) is 5.75 Å². The average molecular weight is 723 g/mol. The van der Waals surface area contributed by atoms with Gasteiger partial charge < -0.3 is 19.2 Å². The van der Waals surface area contributed by atoms with Crippen molar-refractivity contribution < 1.29 is 23.6 Å². The van der Waals surface area contributed by atoms with Crippen molar-refractivity contribution >= 4 is 36.8 Å². The maximum atomic E-state index is 13.6. The number of benzene rings is 2. The van der Waals surface area contributed by atoms with E-state index in [2.05, 4.69) is 95.3 Å². The Morgan fingerprint density at radius 2 is 1.40 bits per heavy atom. The highest BCUT2D eigenvalue weighted by atomic mass is 28.4. The fraction of sp³-hybridized carbons (Fsp3) is 0.511. The van der Waals surface area contributed by atoms with E-state index in [0.29, 0.717) is 34.9 Å². The van der Waals surface area contributed by atoms with Gasteiger partial charge in [-0.3, -0.25) is 4.79 Å². The van der Waals surface area contributed by atoms with Crippen LogP contribution < -0.4 is 14.7 Å². The Hall–Kier alpha value is -3.68. The van der Waals surface area contributed by atoms with Crippen molar-refractivity contribution in [3.05, 3.63) is 95.3 Å². The molecule has 0 bridgehead atoms. The first-order valence-corrected chi connectivity index (χ1v) is 22.5. The highest BCUT2D eigenvalue weighted by Gasteiger charge is 2.41. The number of hydrogen-bond acceptors (Lipinski definition) is 5. The zero-order valence-corrected chi connectivity index (χ0v) is 34.4. The largest absolute Gasteiger partial charge is 0.871 e. The van der Waals surface area contributed by atoms with Gasteiger partial charge in [0.2, 0.25) is 0 Å². The van der Waals surface area contributed by atoms with Gasteiger partial charge in [-0.25, -0.2) is 4.58 Å². The first-order valence-electron chi connectivity index (χ1n) is 19.6. The van der Waals surface area contributed by atoms with Gasteiger partial charge in [0.25, 0.3) is 0 Å². The van der Waals surface area contributed by atoms with Crippen LogP contribution in [0, 0.1) is 0 Å². The van der Waals surface area contributed by atoms with Gasteiger partial charge in [0, 0.05) is 66.1 Å². The van der Waals surface area contributed by atoms with Crippen LogP contribution in [0.15, 0.2) is 89.7 Å². The van der Waals surface area contributed by atoms with E-state index in [-0.39, 0.29) is 28.2 Å². The summed E-state index contributed by atoms with van der Waals surface area (Å²) in [6.07, 6.45) is 17.2. The Balaban J connectivity index is 1.35. The fourth-order valence-electron chi connectivity index (χ4n) is 7.87. The number of rotatable bonds is 13. The molecule has 1 fully saturated rings. The molecule has 0 aliphatic heterocycles. The molecule has 0 radical (unpaired) electrons. The Morgan fingerprint density at radius 1 is 0.846 bits per heavy atom. The van der Waals surface area contributed by atoms with E-state index in [1.165, 1.54) is 0 Å². The zero-order valence-electron chi connectivity index (χ0n) is 33.4. The van der Waals surface area contributed by atoms with Gasteiger partial charge in [-0.15, -0.1) is 0 Å². The van der Waals surface area contributed by atoms with E-state index in [1.54, 1.807) is 7.11 Å². The molecular weight excluding hydrogens is 661 g/mol. The molecule has 52 heavy (non-hydrogen) atoms. The molecule has 2 atom stereocenters. The Bertz CT molecular complexity index is 1710.